The number of carbonyl (C=O) groups is 1. The molecule has 8 nitrogen and oxygen atoms in total. The molecule has 0 saturated carbocycles. The normalized spacial score (nSPS) is 13.3. The van der Waals surface area contributed by atoms with Gasteiger partial charge in [-0.05, 0) is 26.0 Å². The first-order chi connectivity index (χ1) is 10.6. The molecule has 0 unspecified atom stereocenters. The summed E-state index contributed by atoms with van der Waals surface area (Å²) < 4.78 is 31.8. The van der Waals surface area contributed by atoms with Crippen molar-refractivity contribution < 1.29 is 17.6 Å². The highest BCUT2D eigenvalue weighted by molar-refractivity contribution is 7.88. The third-order valence-electron chi connectivity index (χ3n) is 3.63. The number of furan rings is 1. The number of sulfonamides is 1. The molecule has 2 aromatic rings. The second kappa shape index (κ2) is 6.17. The number of hydrogen-bond acceptors (Lipinski definition) is 5. The van der Waals surface area contributed by atoms with E-state index in [1.54, 1.807) is 10.9 Å². The van der Waals surface area contributed by atoms with Crippen molar-refractivity contribution in [3.05, 3.63) is 35.3 Å². The molecule has 1 amide bonds. The molecule has 23 heavy (non-hydrogen) atoms. The fourth-order valence-corrected chi connectivity index (χ4v) is 2.84. The van der Waals surface area contributed by atoms with E-state index < -0.39 is 15.9 Å². The van der Waals surface area contributed by atoms with Gasteiger partial charge in [-0.25, -0.2) is 12.7 Å². The van der Waals surface area contributed by atoms with Gasteiger partial charge in [0.05, 0.1) is 12.2 Å². The minimum Gasteiger partial charge on any atom is -0.438 e. The van der Waals surface area contributed by atoms with Crippen LogP contribution in [0.25, 0.3) is 0 Å². The Labute approximate surface area is 135 Å². The molecule has 0 saturated heterocycles. The Kier molecular flexibility index (Phi) is 4.62. The predicted molar refractivity (Wildman–Crippen MR) is 83.4 cm³/mol. The van der Waals surface area contributed by atoms with Gasteiger partial charge in [-0.1, -0.05) is 0 Å². The van der Waals surface area contributed by atoms with Gasteiger partial charge in [-0.3, -0.25) is 9.48 Å². The second-order valence-corrected chi connectivity index (χ2v) is 7.49. The monoisotopic (exact) mass is 340 g/mol. The van der Waals surface area contributed by atoms with Crippen LogP contribution in [0.15, 0.2) is 27.8 Å². The molecule has 9 heteroatoms. The van der Waals surface area contributed by atoms with Gasteiger partial charge < -0.3 is 9.73 Å². The number of amides is 1. The topological polar surface area (TPSA) is 97.4 Å². The van der Waals surface area contributed by atoms with Crippen molar-refractivity contribution in [1.82, 2.24) is 19.4 Å². The molecular formula is C14H20N4O4S. The van der Waals surface area contributed by atoms with E-state index in [2.05, 4.69) is 10.4 Å². The van der Waals surface area contributed by atoms with E-state index in [1.165, 1.54) is 26.2 Å². The van der Waals surface area contributed by atoms with Crippen LogP contribution in [-0.2, 0) is 17.1 Å². The van der Waals surface area contributed by atoms with E-state index in [9.17, 15) is 13.2 Å². The van der Waals surface area contributed by atoms with Crippen molar-refractivity contribution >= 4 is 15.9 Å². The first-order valence-electron chi connectivity index (χ1n) is 6.96. The maximum absolute atomic E-state index is 12.2. The molecule has 2 rings (SSSR count). The first kappa shape index (κ1) is 17.2. The molecule has 0 aromatic carbocycles. The lowest BCUT2D eigenvalue weighted by Crippen LogP contribution is -2.26. The molecule has 0 aliphatic carbocycles. The van der Waals surface area contributed by atoms with Crippen molar-refractivity contribution in [2.24, 2.45) is 7.05 Å². The van der Waals surface area contributed by atoms with Crippen molar-refractivity contribution in [1.29, 1.82) is 0 Å². The van der Waals surface area contributed by atoms with E-state index in [4.69, 9.17) is 4.42 Å². The SMILES string of the molecule is Cc1c([C@H](C)NC(=O)c2ccc(S(=O)(=O)N(C)C)o2)cnn1C. The van der Waals surface area contributed by atoms with Crippen molar-refractivity contribution in [3.8, 4) is 0 Å². The second-order valence-electron chi connectivity index (χ2n) is 5.41. The Hall–Kier alpha value is -2.13. The summed E-state index contributed by atoms with van der Waals surface area (Å²) in [5.74, 6) is -0.542. The third-order valence-corrected chi connectivity index (χ3v) is 5.32. The minimum absolute atomic E-state index is 0.0566. The zero-order chi connectivity index (χ0) is 17.4. The fourth-order valence-electron chi connectivity index (χ4n) is 2.05. The van der Waals surface area contributed by atoms with Crippen LogP contribution in [0, 0.1) is 6.92 Å². The Morgan fingerprint density at radius 3 is 2.57 bits per heavy atom. The summed E-state index contributed by atoms with van der Waals surface area (Å²) in [4.78, 5) is 12.2. The van der Waals surface area contributed by atoms with Gasteiger partial charge in [0.25, 0.3) is 15.9 Å². The molecule has 0 spiro atoms. The lowest BCUT2D eigenvalue weighted by Gasteiger charge is -2.12. The van der Waals surface area contributed by atoms with Crippen LogP contribution in [0.5, 0.6) is 0 Å². The van der Waals surface area contributed by atoms with Crippen molar-refractivity contribution in [2.45, 2.75) is 25.0 Å². The number of rotatable bonds is 5. The molecule has 2 heterocycles. The Balaban J connectivity index is 2.16. The number of carbonyl (C=O) groups excluding carboxylic acids is 1. The zero-order valence-electron chi connectivity index (χ0n) is 13.7. The van der Waals surface area contributed by atoms with Crippen LogP contribution in [0.1, 0.15) is 34.8 Å². The van der Waals surface area contributed by atoms with Gasteiger partial charge >= 0.3 is 0 Å². The van der Waals surface area contributed by atoms with Crippen LogP contribution in [0.2, 0.25) is 0 Å². The fraction of sp³-hybridized carbons (Fsp3) is 0.429. The quantitative estimate of drug-likeness (QED) is 0.878. The molecule has 126 valence electrons. The maximum atomic E-state index is 12.2. The van der Waals surface area contributed by atoms with E-state index in [0.29, 0.717) is 0 Å². The summed E-state index contributed by atoms with van der Waals surface area (Å²) in [5, 5.41) is 6.63. The number of nitrogens with zero attached hydrogens (tertiary/aromatic N) is 3. The van der Waals surface area contributed by atoms with E-state index in [0.717, 1.165) is 15.6 Å². The van der Waals surface area contributed by atoms with E-state index >= 15 is 0 Å². The lowest BCUT2D eigenvalue weighted by molar-refractivity contribution is 0.0906. The van der Waals surface area contributed by atoms with Crippen LogP contribution in [0.3, 0.4) is 0 Å². The maximum Gasteiger partial charge on any atom is 0.287 e. The number of aromatic nitrogens is 2. The highest BCUT2D eigenvalue weighted by Crippen LogP contribution is 2.19. The molecule has 0 radical (unpaired) electrons. The standard InChI is InChI=1S/C14H20N4O4S/c1-9(11-8-15-18(5)10(11)2)16-14(19)12-6-7-13(22-12)23(20,21)17(3)4/h6-9H,1-5H3,(H,16,19)/t9-/m0/s1. The average Bonchev–Trinajstić information content (AvgIpc) is 3.07. The Morgan fingerprint density at radius 2 is 2.04 bits per heavy atom. The summed E-state index contributed by atoms with van der Waals surface area (Å²) in [6.45, 7) is 3.72. The third kappa shape index (κ3) is 3.30. The molecule has 0 fully saturated rings. The molecule has 2 aromatic heterocycles. The van der Waals surface area contributed by atoms with Crippen LogP contribution >= 0.6 is 0 Å². The summed E-state index contributed by atoms with van der Waals surface area (Å²) in [7, 11) is 0.905. The number of nitrogens with one attached hydrogen (secondary N) is 1. The van der Waals surface area contributed by atoms with Crippen LogP contribution in [0.4, 0.5) is 0 Å². The average molecular weight is 340 g/mol. The molecular weight excluding hydrogens is 320 g/mol. The molecule has 1 atom stereocenters. The minimum atomic E-state index is -3.70. The Bertz CT molecular complexity index is 820. The smallest absolute Gasteiger partial charge is 0.287 e. The highest BCUT2D eigenvalue weighted by atomic mass is 32.2. The van der Waals surface area contributed by atoms with Gasteiger partial charge in [0, 0.05) is 32.4 Å². The summed E-state index contributed by atoms with van der Waals surface area (Å²) in [6.07, 6.45) is 1.68. The molecule has 0 aliphatic rings. The van der Waals surface area contributed by atoms with E-state index in [-0.39, 0.29) is 16.9 Å². The molecule has 0 aliphatic heterocycles. The summed E-state index contributed by atoms with van der Waals surface area (Å²) in [6, 6.07) is 2.33. The largest absolute Gasteiger partial charge is 0.438 e. The Morgan fingerprint density at radius 1 is 1.39 bits per heavy atom. The predicted octanol–water partition coefficient (Wildman–Crippen LogP) is 1.06. The van der Waals surface area contributed by atoms with Gasteiger partial charge in [-0.15, -0.1) is 0 Å². The van der Waals surface area contributed by atoms with E-state index in [1.807, 2.05) is 20.9 Å². The first-order valence-corrected chi connectivity index (χ1v) is 8.40. The van der Waals surface area contributed by atoms with Gasteiger partial charge in [-0.2, -0.15) is 5.10 Å². The lowest BCUT2D eigenvalue weighted by atomic mass is 10.1. The van der Waals surface area contributed by atoms with Crippen LogP contribution in [-0.4, -0.2) is 42.5 Å². The van der Waals surface area contributed by atoms with Crippen molar-refractivity contribution in [2.75, 3.05) is 14.1 Å². The highest BCUT2D eigenvalue weighted by Gasteiger charge is 2.24. The molecule has 0 bridgehead atoms. The number of hydrogen-bond donors (Lipinski definition) is 1. The summed E-state index contributed by atoms with van der Waals surface area (Å²) >= 11 is 0. The zero-order valence-corrected chi connectivity index (χ0v) is 14.5. The number of aryl methyl sites for hydroxylation is 1. The van der Waals surface area contributed by atoms with Gasteiger partial charge in [0.15, 0.2) is 5.76 Å². The van der Waals surface area contributed by atoms with Gasteiger partial charge in [0.2, 0.25) is 5.09 Å². The molecule has 1 N–H and O–H groups in total. The van der Waals surface area contributed by atoms with Gasteiger partial charge in [0.1, 0.15) is 0 Å². The van der Waals surface area contributed by atoms with Crippen molar-refractivity contribution in [3.63, 3.8) is 0 Å². The van der Waals surface area contributed by atoms with Crippen LogP contribution < -0.4 is 5.32 Å². The summed E-state index contributed by atoms with van der Waals surface area (Å²) in [5.41, 5.74) is 1.82.